The van der Waals surface area contributed by atoms with Crippen LogP contribution < -0.4 is 21.7 Å². The third kappa shape index (κ3) is 7.97. The Balaban J connectivity index is 1.53. The Bertz CT molecular complexity index is 1290. The monoisotopic (exact) mass is 674 g/mol. The summed E-state index contributed by atoms with van der Waals surface area (Å²) in [6, 6.07) is -2.89. The molecule has 4 aliphatic rings. The fraction of sp³-hybridized carbons (Fsp3) is 0.829. The van der Waals surface area contributed by atoms with E-state index in [1.165, 1.54) is 9.80 Å². The van der Waals surface area contributed by atoms with Gasteiger partial charge in [0, 0.05) is 19.5 Å². The number of carbonyl (C=O) groups is 6. The minimum absolute atomic E-state index is 0.113. The first kappa shape index (κ1) is 37.6. The lowest BCUT2D eigenvalue weighted by atomic mass is 9.70. The second-order valence-corrected chi connectivity index (χ2v) is 16.9. The average Bonchev–Trinajstić information content (AvgIpc) is 3.46. The highest BCUT2D eigenvalue weighted by atomic mass is 16.3. The summed E-state index contributed by atoms with van der Waals surface area (Å²) in [4.78, 5) is 82.5. The van der Waals surface area contributed by atoms with Gasteiger partial charge < -0.3 is 36.6 Å². The molecule has 0 radical (unpaired) electrons. The van der Waals surface area contributed by atoms with E-state index in [-0.39, 0.29) is 29.7 Å². The Labute approximate surface area is 284 Å². The van der Waals surface area contributed by atoms with Crippen LogP contribution in [-0.4, -0.2) is 93.3 Å². The number of nitrogens with one attached hydrogen (secondary N) is 3. The number of nitrogens with two attached hydrogens (primary N) is 1. The van der Waals surface area contributed by atoms with E-state index in [2.05, 4.69) is 16.0 Å². The molecule has 270 valence electrons. The molecule has 1 unspecified atom stereocenters. The molecule has 0 spiro atoms. The van der Waals surface area contributed by atoms with E-state index in [1.54, 1.807) is 0 Å². The predicted molar refractivity (Wildman–Crippen MR) is 179 cm³/mol. The van der Waals surface area contributed by atoms with Crippen molar-refractivity contribution < 1.29 is 33.9 Å². The number of piperidine rings is 1. The maximum atomic E-state index is 14.5. The molecule has 13 heteroatoms. The van der Waals surface area contributed by atoms with Crippen molar-refractivity contribution in [3.8, 4) is 0 Å². The van der Waals surface area contributed by atoms with E-state index in [0.29, 0.717) is 45.1 Å². The Morgan fingerprint density at radius 3 is 2.19 bits per heavy atom. The van der Waals surface area contributed by atoms with Crippen LogP contribution in [0.5, 0.6) is 0 Å². The van der Waals surface area contributed by atoms with Gasteiger partial charge in [-0.2, -0.15) is 0 Å². The van der Waals surface area contributed by atoms with Crippen molar-refractivity contribution in [2.24, 2.45) is 27.9 Å². The molecule has 0 aromatic rings. The van der Waals surface area contributed by atoms with E-state index < -0.39 is 64.4 Å². The number of amides is 6. The summed E-state index contributed by atoms with van der Waals surface area (Å²) in [6.45, 7) is 14.0. The van der Waals surface area contributed by atoms with Gasteiger partial charge in [0.2, 0.25) is 23.5 Å². The minimum atomic E-state index is -1.33. The molecular formula is C35H58N6O7. The van der Waals surface area contributed by atoms with Gasteiger partial charge in [0.15, 0.2) is 0 Å². The Morgan fingerprint density at radius 2 is 1.65 bits per heavy atom. The molecule has 2 heterocycles. The molecule has 2 saturated carbocycles. The van der Waals surface area contributed by atoms with Crippen molar-refractivity contribution in [2.45, 2.75) is 149 Å². The lowest BCUT2D eigenvalue weighted by Gasteiger charge is -2.44. The summed E-state index contributed by atoms with van der Waals surface area (Å²) < 4.78 is 0. The van der Waals surface area contributed by atoms with Gasteiger partial charge in [0.25, 0.3) is 5.91 Å². The number of urea groups is 1. The number of likely N-dealkylation sites (tertiary alicyclic amines) is 2. The van der Waals surface area contributed by atoms with Gasteiger partial charge in [-0.3, -0.25) is 24.0 Å². The van der Waals surface area contributed by atoms with Crippen molar-refractivity contribution in [1.82, 2.24) is 25.8 Å². The van der Waals surface area contributed by atoms with Gasteiger partial charge >= 0.3 is 6.03 Å². The maximum Gasteiger partial charge on any atom is 0.315 e. The second kappa shape index (κ2) is 14.0. The lowest BCUT2D eigenvalue weighted by molar-refractivity contribution is -0.155. The number of hydrogen-bond acceptors (Lipinski definition) is 7. The number of rotatable bonds is 11. The minimum Gasteiger partial charge on any atom is -0.374 e. The average molecular weight is 675 g/mol. The molecule has 48 heavy (non-hydrogen) atoms. The number of aliphatic hydroxyl groups excluding tert-OH is 1. The van der Waals surface area contributed by atoms with Gasteiger partial charge in [-0.25, -0.2) is 4.79 Å². The second-order valence-electron chi connectivity index (χ2n) is 16.9. The Morgan fingerprint density at radius 1 is 1.00 bits per heavy atom. The molecule has 4 fully saturated rings. The number of hydrogen-bond donors (Lipinski definition) is 5. The van der Waals surface area contributed by atoms with E-state index in [0.717, 1.165) is 32.1 Å². The number of primary amides is 1. The largest absolute Gasteiger partial charge is 0.374 e. The van der Waals surface area contributed by atoms with Gasteiger partial charge in [-0.05, 0) is 60.7 Å². The standard InChI is InChI=1S/C35H58N6O7/c1-8-21-17-35(21,27(44)28(36)45)39-29(46)22-13-12-16-40(22)30(47)26(34(7)14-10-9-11-15-34)38-31(48)37-23(32(2,3)4)20-41-24(42)18-33(5,6)19-25(41)43/h21-24,26,42H,8-20H2,1-7H3,(H2,36,45)(H,39,46)(H2,37,38,48)/t21-,22+,23-,24?,26-,35+/m1/s1. The quantitative estimate of drug-likeness (QED) is 0.208. The summed E-state index contributed by atoms with van der Waals surface area (Å²) in [6.07, 6.45) is 5.90. The van der Waals surface area contributed by atoms with Gasteiger partial charge in [0.05, 0.1) is 6.04 Å². The van der Waals surface area contributed by atoms with Crippen LogP contribution in [0.3, 0.4) is 0 Å². The number of aliphatic hydroxyl groups is 1. The van der Waals surface area contributed by atoms with Gasteiger partial charge in [0.1, 0.15) is 23.9 Å². The first-order valence-electron chi connectivity index (χ1n) is 17.8. The molecule has 6 amide bonds. The molecule has 2 aliphatic heterocycles. The summed E-state index contributed by atoms with van der Waals surface area (Å²) in [7, 11) is 0. The number of nitrogens with zero attached hydrogens (tertiary/aromatic N) is 2. The van der Waals surface area contributed by atoms with Crippen molar-refractivity contribution >= 4 is 35.4 Å². The predicted octanol–water partition coefficient (Wildman–Crippen LogP) is 2.34. The normalized spacial score (nSPS) is 29.4. The van der Waals surface area contributed by atoms with E-state index in [9.17, 15) is 33.9 Å². The topological polar surface area (TPSA) is 191 Å². The van der Waals surface area contributed by atoms with Crippen molar-refractivity contribution in [3.63, 3.8) is 0 Å². The molecule has 2 saturated heterocycles. The molecule has 4 rings (SSSR count). The number of ketones is 1. The van der Waals surface area contributed by atoms with E-state index in [4.69, 9.17) is 5.73 Å². The molecule has 0 bridgehead atoms. The Kier molecular flexibility index (Phi) is 10.9. The molecular weight excluding hydrogens is 616 g/mol. The fourth-order valence-corrected chi connectivity index (χ4v) is 8.13. The zero-order valence-corrected chi connectivity index (χ0v) is 29.9. The SMILES string of the molecule is CC[C@@H]1C[C@@]1(NC(=O)[C@@H]1CCCN1C(=O)[C@@H](NC(=O)N[C@H](CN1C(=O)CC(C)(C)CC1O)C(C)(C)C)C1(C)CCCCC1)C(=O)C(N)=O. The highest BCUT2D eigenvalue weighted by molar-refractivity contribution is 6.40. The van der Waals surface area contributed by atoms with Crippen LogP contribution in [-0.2, 0) is 24.0 Å². The van der Waals surface area contributed by atoms with E-state index >= 15 is 0 Å². The molecule has 13 nitrogen and oxygen atoms in total. The highest BCUT2D eigenvalue weighted by Crippen LogP contribution is 2.47. The first-order valence-corrected chi connectivity index (χ1v) is 17.8. The van der Waals surface area contributed by atoms with Crippen LogP contribution in [0, 0.1) is 22.2 Å². The molecule has 2 aliphatic carbocycles. The van der Waals surface area contributed by atoms with E-state index in [1.807, 2.05) is 48.5 Å². The first-order chi connectivity index (χ1) is 22.2. The maximum absolute atomic E-state index is 14.5. The summed E-state index contributed by atoms with van der Waals surface area (Å²) in [5, 5.41) is 19.7. The van der Waals surface area contributed by atoms with Crippen LogP contribution >= 0.6 is 0 Å². The summed E-state index contributed by atoms with van der Waals surface area (Å²) in [5.41, 5.74) is 2.61. The van der Waals surface area contributed by atoms with Crippen molar-refractivity contribution in [1.29, 1.82) is 0 Å². The van der Waals surface area contributed by atoms with Crippen molar-refractivity contribution in [2.75, 3.05) is 13.1 Å². The van der Waals surface area contributed by atoms with Crippen molar-refractivity contribution in [3.05, 3.63) is 0 Å². The number of carbonyl (C=O) groups excluding carboxylic acids is 6. The third-order valence-electron chi connectivity index (χ3n) is 11.4. The highest BCUT2D eigenvalue weighted by Gasteiger charge is 2.62. The molecule has 6 N–H and O–H groups in total. The van der Waals surface area contributed by atoms with Crippen LogP contribution in [0.15, 0.2) is 0 Å². The van der Waals surface area contributed by atoms with Crippen LogP contribution in [0.4, 0.5) is 4.79 Å². The van der Waals surface area contributed by atoms with Crippen LogP contribution in [0.1, 0.15) is 119 Å². The zero-order chi connectivity index (χ0) is 35.8. The third-order valence-corrected chi connectivity index (χ3v) is 11.4. The van der Waals surface area contributed by atoms with Gasteiger partial charge in [-0.15, -0.1) is 0 Å². The lowest BCUT2D eigenvalue weighted by Crippen LogP contribution is -2.63. The van der Waals surface area contributed by atoms with Gasteiger partial charge in [-0.1, -0.05) is 74.1 Å². The van der Waals surface area contributed by atoms with Crippen LogP contribution in [0.2, 0.25) is 0 Å². The number of Topliss-reactive ketones (excluding diaryl/α,β-unsaturated/α-hetero) is 1. The smallest absolute Gasteiger partial charge is 0.315 e. The summed E-state index contributed by atoms with van der Waals surface area (Å²) in [5.74, 6) is -3.14. The molecule has 0 aromatic heterocycles. The van der Waals surface area contributed by atoms with Crippen LogP contribution in [0.25, 0.3) is 0 Å². The fourth-order valence-electron chi connectivity index (χ4n) is 8.13. The molecule has 6 atom stereocenters. The summed E-state index contributed by atoms with van der Waals surface area (Å²) >= 11 is 0. The molecule has 0 aromatic carbocycles. The zero-order valence-electron chi connectivity index (χ0n) is 29.9. The Hall–Kier alpha value is -3.22.